The maximum atomic E-state index is 12.0. The molecule has 2 heterocycles. The minimum absolute atomic E-state index is 0.0348. The van der Waals surface area contributed by atoms with E-state index >= 15 is 0 Å². The summed E-state index contributed by atoms with van der Waals surface area (Å²) in [5.74, 6) is 0.0348. The fraction of sp³-hybridized carbons (Fsp3) is 0.400. The van der Waals surface area contributed by atoms with Gasteiger partial charge >= 0.3 is 0 Å². The van der Waals surface area contributed by atoms with Crippen molar-refractivity contribution in [3.63, 3.8) is 0 Å². The molecule has 0 aliphatic carbocycles. The molecule has 0 unspecified atom stereocenters. The standard InChI is InChI=1S/C10H11BrN2O2/c11-9-7-12-2-1-8(9)10(14)13-3-5-15-6-4-13/h1-2,7H,3-6H2. The van der Waals surface area contributed by atoms with E-state index in [0.717, 1.165) is 4.47 Å². The molecule has 0 saturated carbocycles. The maximum Gasteiger partial charge on any atom is 0.255 e. The Kier molecular flexibility index (Phi) is 3.33. The van der Waals surface area contributed by atoms with Crippen molar-refractivity contribution in [2.75, 3.05) is 26.3 Å². The van der Waals surface area contributed by atoms with E-state index in [2.05, 4.69) is 20.9 Å². The van der Waals surface area contributed by atoms with Gasteiger partial charge in [0.1, 0.15) is 0 Å². The van der Waals surface area contributed by atoms with Crippen LogP contribution < -0.4 is 0 Å². The smallest absolute Gasteiger partial charge is 0.255 e. The van der Waals surface area contributed by atoms with E-state index in [4.69, 9.17) is 4.74 Å². The van der Waals surface area contributed by atoms with Gasteiger partial charge in [-0.1, -0.05) is 0 Å². The van der Waals surface area contributed by atoms with Gasteiger partial charge in [-0.2, -0.15) is 0 Å². The first-order chi connectivity index (χ1) is 7.29. The van der Waals surface area contributed by atoms with Gasteiger partial charge < -0.3 is 9.64 Å². The van der Waals surface area contributed by atoms with Crippen LogP contribution in [0.4, 0.5) is 0 Å². The second-order valence-corrected chi connectivity index (χ2v) is 4.11. The molecule has 5 heteroatoms. The Morgan fingerprint density at radius 3 is 2.87 bits per heavy atom. The van der Waals surface area contributed by atoms with Crippen LogP contribution in [-0.2, 0) is 4.74 Å². The van der Waals surface area contributed by atoms with Crippen LogP contribution in [0.1, 0.15) is 10.4 Å². The number of pyridine rings is 1. The summed E-state index contributed by atoms with van der Waals surface area (Å²) in [5.41, 5.74) is 0.659. The summed E-state index contributed by atoms with van der Waals surface area (Å²) in [4.78, 5) is 17.8. The third-order valence-electron chi connectivity index (χ3n) is 2.30. The van der Waals surface area contributed by atoms with Gasteiger partial charge in [-0.05, 0) is 22.0 Å². The largest absolute Gasteiger partial charge is 0.378 e. The molecule has 1 fully saturated rings. The minimum Gasteiger partial charge on any atom is -0.378 e. The molecule has 0 atom stereocenters. The number of hydrogen-bond donors (Lipinski definition) is 0. The first-order valence-electron chi connectivity index (χ1n) is 4.75. The van der Waals surface area contributed by atoms with Gasteiger partial charge in [0.25, 0.3) is 5.91 Å². The Balaban J connectivity index is 2.16. The fourth-order valence-corrected chi connectivity index (χ4v) is 1.91. The summed E-state index contributed by atoms with van der Waals surface area (Å²) in [7, 11) is 0. The number of carbonyl (C=O) groups is 1. The van der Waals surface area contributed by atoms with E-state index in [1.54, 1.807) is 23.4 Å². The van der Waals surface area contributed by atoms with Crippen LogP contribution >= 0.6 is 15.9 Å². The van der Waals surface area contributed by atoms with Gasteiger partial charge in [0.2, 0.25) is 0 Å². The number of halogens is 1. The Morgan fingerprint density at radius 2 is 2.20 bits per heavy atom. The lowest BCUT2D eigenvalue weighted by Gasteiger charge is -2.27. The summed E-state index contributed by atoms with van der Waals surface area (Å²) < 4.78 is 5.94. The first kappa shape index (κ1) is 10.6. The summed E-state index contributed by atoms with van der Waals surface area (Å²) in [6, 6.07) is 1.72. The van der Waals surface area contributed by atoms with Gasteiger partial charge in [0.05, 0.1) is 18.8 Å². The lowest BCUT2D eigenvalue weighted by atomic mass is 10.2. The van der Waals surface area contributed by atoms with Gasteiger partial charge in [-0.3, -0.25) is 9.78 Å². The fourth-order valence-electron chi connectivity index (χ4n) is 1.49. The predicted octanol–water partition coefficient (Wildman–Crippen LogP) is 1.32. The van der Waals surface area contributed by atoms with E-state index in [9.17, 15) is 4.79 Å². The molecule has 0 spiro atoms. The normalized spacial score (nSPS) is 16.5. The van der Waals surface area contributed by atoms with E-state index in [0.29, 0.717) is 31.9 Å². The highest BCUT2D eigenvalue weighted by molar-refractivity contribution is 9.10. The third-order valence-corrected chi connectivity index (χ3v) is 2.93. The van der Waals surface area contributed by atoms with E-state index in [1.165, 1.54) is 0 Å². The van der Waals surface area contributed by atoms with Crippen molar-refractivity contribution in [1.29, 1.82) is 0 Å². The lowest BCUT2D eigenvalue weighted by Crippen LogP contribution is -2.40. The number of morpholine rings is 1. The minimum atomic E-state index is 0.0348. The SMILES string of the molecule is O=C(c1ccncc1Br)N1CCOCC1. The number of aromatic nitrogens is 1. The molecular weight excluding hydrogens is 260 g/mol. The number of amides is 1. The molecule has 0 aromatic carbocycles. The van der Waals surface area contributed by atoms with Crippen molar-refractivity contribution in [2.45, 2.75) is 0 Å². The molecule has 0 radical (unpaired) electrons. The van der Waals surface area contributed by atoms with Crippen molar-refractivity contribution in [3.8, 4) is 0 Å². The van der Waals surface area contributed by atoms with Crippen LogP contribution in [0.5, 0.6) is 0 Å². The highest BCUT2D eigenvalue weighted by Crippen LogP contribution is 2.17. The molecule has 1 aliphatic heterocycles. The third kappa shape index (κ3) is 2.35. The molecule has 1 aliphatic rings. The maximum absolute atomic E-state index is 12.0. The quantitative estimate of drug-likeness (QED) is 0.773. The van der Waals surface area contributed by atoms with Crippen LogP contribution in [0.3, 0.4) is 0 Å². The zero-order chi connectivity index (χ0) is 10.7. The van der Waals surface area contributed by atoms with Crippen LogP contribution in [-0.4, -0.2) is 42.1 Å². The van der Waals surface area contributed by atoms with E-state index < -0.39 is 0 Å². The zero-order valence-electron chi connectivity index (χ0n) is 8.15. The molecule has 4 nitrogen and oxygen atoms in total. The zero-order valence-corrected chi connectivity index (χ0v) is 9.74. The Labute approximate surface area is 96.4 Å². The Morgan fingerprint density at radius 1 is 1.47 bits per heavy atom. The molecule has 1 aromatic rings. The molecule has 0 N–H and O–H groups in total. The number of carbonyl (C=O) groups excluding carboxylic acids is 1. The molecule has 1 saturated heterocycles. The summed E-state index contributed by atoms with van der Waals surface area (Å²) >= 11 is 3.32. The van der Waals surface area contributed by atoms with Crippen molar-refractivity contribution in [2.24, 2.45) is 0 Å². The van der Waals surface area contributed by atoms with E-state index in [-0.39, 0.29) is 5.91 Å². The summed E-state index contributed by atoms with van der Waals surface area (Å²) in [6.07, 6.45) is 3.26. The second kappa shape index (κ2) is 4.72. The Hall–Kier alpha value is -0.940. The molecule has 15 heavy (non-hydrogen) atoms. The number of nitrogens with zero attached hydrogens (tertiary/aromatic N) is 2. The average Bonchev–Trinajstić information content (AvgIpc) is 2.30. The monoisotopic (exact) mass is 270 g/mol. The van der Waals surface area contributed by atoms with Crippen LogP contribution in [0.2, 0.25) is 0 Å². The number of rotatable bonds is 1. The predicted molar refractivity (Wildman–Crippen MR) is 58.7 cm³/mol. The van der Waals surface area contributed by atoms with E-state index in [1.807, 2.05) is 0 Å². The van der Waals surface area contributed by atoms with Gasteiger partial charge in [0.15, 0.2) is 0 Å². The molecule has 0 bridgehead atoms. The molecule has 2 rings (SSSR count). The average molecular weight is 271 g/mol. The highest BCUT2D eigenvalue weighted by atomic mass is 79.9. The van der Waals surface area contributed by atoms with Gasteiger partial charge in [-0.25, -0.2) is 0 Å². The number of ether oxygens (including phenoxy) is 1. The van der Waals surface area contributed by atoms with Crippen molar-refractivity contribution >= 4 is 21.8 Å². The lowest BCUT2D eigenvalue weighted by molar-refractivity contribution is 0.0302. The molecular formula is C10H11BrN2O2. The summed E-state index contributed by atoms with van der Waals surface area (Å²) in [6.45, 7) is 2.56. The van der Waals surface area contributed by atoms with Gasteiger partial charge in [-0.15, -0.1) is 0 Å². The van der Waals surface area contributed by atoms with Crippen LogP contribution in [0, 0.1) is 0 Å². The molecule has 80 valence electrons. The Bertz CT molecular complexity index is 364. The highest BCUT2D eigenvalue weighted by Gasteiger charge is 2.19. The van der Waals surface area contributed by atoms with Crippen molar-refractivity contribution < 1.29 is 9.53 Å². The molecule has 1 aromatic heterocycles. The topological polar surface area (TPSA) is 42.4 Å². The second-order valence-electron chi connectivity index (χ2n) is 3.26. The van der Waals surface area contributed by atoms with Crippen LogP contribution in [0.15, 0.2) is 22.9 Å². The van der Waals surface area contributed by atoms with Crippen LogP contribution in [0.25, 0.3) is 0 Å². The molecule has 1 amide bonds. The number of hydrogen-bond acceptors (Lipinski definition) is 3. The summed E-state index contributed by atoms with van der Waals surface area (Å²) in [5, 5.41) is 0. The van der Waals surface area contributed by atoms with Crippen molar-refractivity contribution in [1.82, 2.24) is 9.88 Å². The van der Waals surface area contributed by atoms with Crippen molar-refractivity contribution in [3.05, 3.63) is 28.5 Å². The van der Waals surface area contributed by atoms with Gasteiger partial charge in [0, 0.05) is 30.0 Å². The first-order valence-corrected chi connectivity index (χ1v) is 5.55.